The maximum absolute atomic E-state index is 13.8. The van der Waals surface area contributed by atoms with Crippen molar-refractivity contribution in [3.63, 3.8) is 0 Å². The first-order valence-corrected chi connectivity index (χ1v) is 5.72. The van der Waals surface area contributed by atoms with Crippen LogP contribution in [0.2, 0.25) is 0 Å². The minimum absolute atomic E-state index is 0.254. The third-order valence-corrected chi connectivity index (χ3v) is 2.73. The SMILES string of the molecule is Fc1ccc(NCC(F)(F)c2ccccc2)c(F)c1F. The summed E-state index contributed by atoms with van der Waals surface area (Å²) in [4.78, 5) is 0. The molecule has 0 bridgehead atoms. The minimum atomic E-state index is -3.27. The first-order chi connectivity index (χ1) is 9.42. The summed E-state index contributed by atoms with van der Waals surface area (Å²) in [6.45, 7) is -0.932. The molecule has 2 aromatic carbocycles. The normalized spacial score (nSPS) is 11.4. The van der Waals surface area contributed by atoms with Crippen molar-refractivity contribution in [1.82, 2.24) is 0 Å². The number of hydrogen-bond acceptors (Lipinski definition) is 1. The van der Waals surface area contributed by atoms with Crippen molar-refractivity contribution in [3.8, 4) is 0 Å². The average molecular weight is 287 g/mol. The maximum atomic E-state index is 13.8. The number of rotatable bonds is 4. The number of hydrogen-bond donors (Lipinski definition) is 1. The Balaban J connectivity index is 2.15. The van der Waals surface area contributed by atoms with Gasteiger partial charge in [0.25, 0.3) is 5.92 Å². The van der Waals surface area contributed by atoms with Crippen molar-refractivity contribution in [1.29, 1.82) is 0 Å². The van der Waals surface area contributed by atoms with Gasteiger partial charge in [-0.3, -0.25) is 0 Å². The van der Waals surface area contributed by atoms with Gasteiger partial charge in [0.2, 0.25) is 0 Å². The molecule has 1 nitrogen and oxygen atoms in total. The predicted octanol–water partition coefficient (Wildman–Crippen LogP) is 4.31. The smallest absolute Gasteiger partial charge is 0.290 e. The molecule has 6 heteroatoms. The Morgan fingerprint density at radius 1 is 0.850 bits per heavy atom. The molecule has 0 fully saturated rings. The van der Waals surface area contributed by atoms with Crippen molar-refractivity contribution in [2.24, 2.45) is 0 Å². The summed E-state index contributed by atoms with van der Waals surface area (Å²) in [5, 5.41) is 2.09. The van der Waals surface area contributed by atoms with Gasteiger partial charge >= 0.3 is 0 Å². The van der Waals surface area contributed by atoms with Gasteiger partial charge in [0.1, 0.15) is 0 Å². The molecule has 0 saturated heterocycles. The molecule has 20 heavy (non-hydrogen) atoms. The van der Waals surface area contributed by atoms with Gasteiger partial charge < -0.3 is 5.32 Å². The first-order valence-electron chi connectivity index (χ1n) is 5.72. The molecular formula is C14H10F5N. The Bertz CT molecular complexity index is 598. The zero-order valence-electron chi connectivity index (χ0n) is 10.1. The Hall–Kier alpha value is -2.11. The summed E-state index contributed by atoms with van der Waals surface area (Å²) < 4.78 is 66.6. The molecule has 0 radical (unpaired) electrons. The largest absolute Gasteiger partial charge is 0.376 e. The highest BCUT2D eigenvalue weighted by atomic mass is 19.3. The van der Waals surface area contributed by atoms with E-state index in [1.807, 2.05) is 0 Å². The summed E-state index contributed by atoms with van der Waals surface area (Å²) >= 11 is 0. The van der Waals surface area contributed by atoms with Crippen molar-refractivity contribution in [3.05, 3.63) is 65.5 Å². The van der Waals surface area contributed by atoms with E-state index in [1.54, 1.807) is 6.07 Å². The fourth-order valence-corrected chi connectivity index (χ4v) is 1.65. The van der Waals surface area contributed by atoms with E-state index in [-0.39, 0.29) is 5.56 Å². The molecule has 2 rings (SSSR count). The van der Waals surface area contributed by atoms with Crippen LogP contribution in [0, 0.1) is 17.5 Å². The van der Waals surface area contributed by atoms with E-state index in [0.29, 0.717) is 6.07 Å². The van der Waals surface area contributed by atoms with Crippen LogP contribution >= 0.6 is 0 Å². The first kappa shape index (κ1) is 14.3. The van der Waals surface area contributed by atoms with Crippen molar-refractivity contribution in [2.45, 2.75) is 5.92 Å². The van der Waals surface area contributed by atoms with E-state index in [0.717, 1.165) is 6.07 Å². The lowest BCUT2D eigenvalue weighted by Crippen LogP contribution is -2.25. The zero-order chi connectivity index (χ0) is 14.8. The number of halogens is 5. The van der Waals surface area contributed by atoms with E-state index < -0.39 is 35.6 Å². The van der Waals surface area contributed by atoms with Gasteiger partial charge in [0.15, 0.2) is 17.5 Å². The number of alkyl halides is 2. The van der Waals surface area contributed by atoms with Crippen LogP contribution in [0.5, 0.6) is 0 Å². The molecule has 1 N–H and O–H groups in total. The zero-order valence-corrected chi connectivity index (χ0v) is 10.1. The van der Waals surface area contributed by atoms with E-state index in [4.69, 9.17) is 0 Å². The molecule has 0 aromatic heterocycles. The molecule has 2 aromatic rings. The molecule has 0 aliphatic heterocycles. The monoisotopic (exact) mass is 287 g/mol. The Morgan fingerprint density at radius 2 is 1.50 bits per heavy atom. The lowest BCUT2D eigenvalue weighted by Gasteiger charge is -2.18. The van der Waals surface area contributed by atoms with Gasteiger partial charge in [0, 0.05) is 5.56 Å². The molecule has 0 amide bonds. The highest BCUT2D eigenvalue weighted by Gasteiger charge is 2.31. The van der Waals surface area contributed by atoms with E-state index >= 15 is 0 Å². The standard InChI is InChI=1S/C14H10F5N/c15-10-6-7-11(13(17)12(10)16)20-8-14(18,19)9-4-2-1-3-5-9/h1-7,20H,8H2. The van der Waals surface area contributed by atoms with E-state index in [2.05, 4.69) is 5.32 Å². The Morgan fingerprint density at radius 3 is 2.15 bits per heavy atom. The number of benzene rings is 2. The molecule has 0 spiro atoms. The summed E-state index contributed by atoms with van der Waals surface area (Å²) in [5.74, 6) is -7.85. The van der Waals surface area contributed by atoms with Crippen LogP contribution in [-0.2, 0) is 5.92 Å². The van der Waals surface area contributed by atoms with Gasteiger partial charge in [-0.1, -0.05) is 30.3 Å². The van der Waals surface area contributed by atoms with Gasteiger partial charge in [-0.05, 0) is 12.1 Å². The van der Waals surface area contributed by atoms with Crippen molar-refractivity contribution in [2.75, 3.05) is 11.9 Å². The van der Waals surface area contributed by atoms with Crippen LogP contribution in [0.15, 0.2) is 42.5 Å². The topological polar surface area (TPSA) is 12.0 Å². The fraction of sp³-hybridized carbons (Fsp3) is 0.143. The Kier molecular flexibility index (Phi) is 3.92. The van der Waals surface area contributed by atoms with Gasteiger partial charge in [0.05, 0.1) is 12.2 Å². The van der Waals surface area contributed by atoms with Crippen LogP contribution < -0.4 is 5.32 Å². The number of anilines is 1. The summed E-state index contributed by atoms with van der Waals surface area (Å²) in [5.41, 5.74) is -0.769. The molecule has 0 aliphatic carbocycles. The highest BCUT2D eigenvalue weighted by molar-refractivity contribution is 5.46. The summed E-state index contributed by atoms with van der Waals surface area (Å²) in [6.07, 6.45) is 0. The molecule has 0 heterocycles. The maximum Gasteiger partial charge on any atom is 0.290 e. The lowest BCUT2D eigenvalue weighted by atomic mass is 10.1. The summed E-state index contributed by atoms with van der Waals surface area (Å²) in [7, 11) is 0. The van der Waals surface area contributed by atoms with Crippen molar-refractivity contribution >= 4 is 5.69 Å². The third-order valence-electron chi connectivity index (χ3n) is 2.73. The minimum Gasteiger partial charge on any atom is -0.376 e. The van der Waals surface area contributed by atoms with E-state index in [9.17, 15) is 22.0 Å². The molecule has 0 aliphatic rings. The lowest BCUT2D eigenvalue weighted by molar-refractivity contribution is 0.0105. The quantitative estimate of drug-likeness (QED) is 0.652. The second-order valence-corrected chi connectivity index (χ2v) is 4.15. The van der Waals surface area contributed by atoms with E-state index in [1.165, 1.54) is 24.3 Å². The molecular weight excluding hydrogens is 277 g/mol. The third kappa shape index (κ3) is 2.89. The van der Waals surface area contributed by atoms with Crippen LogP contribution in [-0.4, -0.2) is 6.54 Å². The van der Waals surface area contributed by atoms with Crippen LogP contribution in [0.4, 0.5) is 27.6 Å². The van der Waals surface area contributed by atoms with Gasteiger partial charge in [-0.25, -0.2) is 13.2 Å². The average Bonchev–Trinajstić information content (AvgIpc) is 2.45. The second-order valence-electron chi connectivity index (χ2n) is 4.15. The predicted molar refractivity (Wildman–Crippen MR) is 65.1 cm³/mol. The Labute approximate surface area is 112 Å². The van der Waals surface area contributed by atoms with Crippen LogP contribution in [0.3, 0.4) is 0 Å². The van der Waals surface area contributed by atoms with Crippen LogP contribution in [0.1, 0.15) is 5.56 Å². The molecule has 0 atom stereocenters. The molecule has 0 unspecified atom stereocenters. The van der Waals surface area contributed by atoms with Crippen molar-refractivity contribution < 1.29 is 22.0 Å². The number of nitrogens with one attached hydrogen (secondary N) is 1. The summed E-state index contributed by atoms with van der Waals surface area (Å²) in [6, 6.07) is 8.47. The van der Waals surface area contributed by atoms with Gasteiger partial charge in [-0.15, -0.1) is 0 Å². The van der Waals surface area contributed by atoms with Crippen LogP contribution in [0.25, 0.3) is 0 Å². The molecule has 106 valence electrons. The second kappa shape index (κ2) is 5.48. The highest BCUT2D eigenvalue weighted by Crippen LogP contribution is 2.29. The van der Waals surface area contributed by atoms with Gasteiger partial charge in [-0.2, -0.15) is 8.78 Å². The fourth-order valence-electron chi connectivity index (χ4n) is 1.65. The molecule has 0 saturated carbocycles.